The largest absolute Gasteiger partial charge is 0.495 e. The van der Waals surface area contributed by atoms with E-state index in [-0.39, 0.29) is 39.8 Å². The van der Waals surface area contributed by atoms with Gasteiger partial charge in [-0.3, -0.25) is 13.9 Å². The van der Waals surface area contributed by atoms with Gasteiger partial charge in [-0.2, -0.15) is 0 Å². The van der Waals surface area contributed by atoms with E-state index >= 15 is 0 Å². The van der Waals surface area contributed by atoms with Gasteiger partial charge in [-0.25, -0.2) is 8.42 Å². The summed E-state index contributed by atoms with van der Waals surface area (Å²) in [5.41, 5.74) is 2.85. The number of nitrogens with zero attached hydrogens (tertiary/aromatic N) is 2. The van der Waals surface area contributed by atoms with Crippen molar-refractivity contribution in [3.63, 3.8) is 0 Å². The van der Waals surface area contributed by atoms with Gasteiger partial charge >= 0.3 is 0 Å². The Morgan fingerprint density at radius 3 is 2.05 bits per heavy atom. The third-order valence-corrected chi connectivity index (χ3v) is 8.38. The second-order valence-electron chi connectivity index (χ2n) is 9.99. The maximum absolute atomic E-state index is 14.0. The van der Waals surface area contributed by atoms with Crippen LogP contribution in [0.1, 0.15) is 37.5 Å². The van der Waals surface area contributed by atoms with Crippen LogP contribution in [0, 0.1) is 13.8 Å². The SMILES string of the molecule is COc1ccc(Cl)cc1N(CC(=O)N(Cc1ccc(C)cc1)C(C)C(=O)NC(C)C)S(=O)(=O)c1ccc(C)cc1. The second-order valence-corrected chi connectivity index (χ2v) is 12.3. The Bertz CT molecular complexity index is 1440. The lowest BCUT2D eigenvalue weighted by Crippen LogP contribution is -2.52. The average molecular weight is 586 g/mol. The number of carbonyl (C=O) groups is 2. The maximum atomic E-state index is 14.0. The van der Waals surface area contributed by atoms with E-state index in [0.717, 1.165) is 21.0 Å². The molecule has 0 saturated carbocycles. The molecule has 40 heavy (non-hydrogen) atoms. The number of rotatable bonds is 11. The number of benzene rings is 3. The van der Waals surface area contributed by atoms with Gasteiger partial charge in [-0.1, -0.05) is 59.1 Å². The minimum absolute atomic E-state index is 0.00334. The van der Waals surface area contributed by atoms with E-state index in [0.29, 0.717) is 0 Å². The number of aryl methyl sites for hydroxylation is 2. The zero-order chi connectivity index (χ0) is 29.6. The number of ether oxygens (including phenoxy) is 1. The lowest BCUT2D eigenvalue weighted by Gasteiger charge is -2.32. The van der Waals surface area contributed by atoms with Gasteiger partial charge < -0.3 is 15.0 Å². The molecule has 3 rings (SSSR count). The van der Waals surface area contributed by atoms with E-state index < -0.39 is 28.5 Å². The van der Waals surface area contributed by atoms with Crippen molar-refractivity contribution in [3.8, 4) is 5.75 Å². The van der Waals surface area contributed by atoms with Crippen molar-refractivity contribution >= 4 is 39.1 Å². The van der Waals surface area contributed by atoms with Crippen molar-refractivity contribution in [2.45, 2.75) is 58.1 Å². The number of carbonyl (C=O) groups excluding carboxylic acids is 2. The first-order valence-electron chi connectivity index (χ1n) is 12.9. The molecule has 0 aliphatic rings. The topological polar surface area (TPSA) is 96.0 Å². The molecule has 1 unspecified atom stereocenters. The van der Waals surface area contributed by atoms with Gasteiger partial charge in [0.25, 0.3) is 10.0 Å². The number of methoxy groups -OCH3 is 1. The van der Waals surface area contributed by atoms with Crippen LogP contribution in [-0.4, -0.2) is 50.9 Å². The fraction of sp³-hybridized carbons (Fsp3) is 0.333. The standard InChI is InChI=1S/C30H36ClN3O5S/c1-20(2)32-30(36)23(5)33(18-24-11-7-21(3)8-12-24)29(35)19-34(27-17-25(31)13-16-28(27)39-6)40(37,38)26-14-9-22(4)10-15-26/h7-17,20,23H,18-19H2,1-6H3,(H,32,36). The molecular weight excluding hydrogens is 550 g/mol. The third kappa shape index (κ3) is 7.55. The number of anilines is 1. The van der Waals surface area contributed by atoms with Gasteiger partial charge in [0.1, 0.15) is 18.3 Å². The smallest absolute Gasteiger partial charge is 0.264 e. The first-order valence-corrected chi connectivity index (χ1v) is 14.7. The Balaban J connectivity index is 2.10. The van der Waals surface area contributed by atoms with Crippen molar-refractivity contribution in [3.05, 3.63) is 88.4 Å². The van der Waals surface area contributed by atoms with Gasteiger partial charge in [-0.05, 0) is 70.5 Å². The number of hydrogen-bond acceptors (Lipinski definition) is 5. The molecule has 1 N–H and O–H groups in total. The Morgan fingerprint density at radius 1 is 0.925 bits per heavy atom. The van der Waals surface area contributed by atoms with E-state index in [1.807, 2.05) is 52.0 Å². The van der Waals surface area contributed by atoms with Crippen molar-refractivity contribution in [1.29, 1.82) is 0 Å². The van der Waals surface area contributed by atoms with Crippen LogP contribution in [0.3, 0.4) is 0 Å². The molecule has 3 aromatic rings. The lowest BCUT2D eigenvalue weighted by atomic mass is 10.1. The number of amides is 2. The van der Waals surface area contributed by atoms with Gasteiger partial charge in [0.15, 0.2) is 0 Å². The molecular formula is C30H36ClN3O5S. The zero-order valence-corrected chi connectivity index (χ0v) is 25.2. The molecule has 0 fully saturated rings. The van der Waals surface area contributed by atoms with E-state index in [2.05, 4.69) is 5.32 Å². The van der Waals surface area contributed by atoms with Gasteiger partial charge in [0.05, 0.1) is 17.7 Å². The van der Waals surface area contributed by atoms with Gasteiger partial charge in [0, 0.05) is 17.6 Å². The Morgan fingerprint density at radius 2 is 1.50 bits per heavy atom. The summed E-state index contributed by atoms with van der Waals surface area (Å²) in [6, 6.07) is 17.5. The van der Waals surface area contributed by atoms with Crippen molar-refractivity contribution in [2.24, 2.45) is 0 Å². The van der Waals surface area contributed by atoms with Gasteiger partial charge in [-0.15, -0.1) is 0 Å². The highest BCUT2D eigenvalue weighted by atomic mass is 35.5. The number of hydrogen-bond donors (Lipinski definition) is 1. The van der Waals surface area contributed by atoms with Crippen LogP contribution in [0.5, 0.6) is 5.75 Å². The molecule has 0 radical (unpaired) electrons. The van der Waals surface area contributed by atoms with Crippen LogP contribution in [0.25, 0.3) is 0 Å². The lowest BCUT2D eigenvalue weighted by molar-refractivity contribution is -0.139. The van der Waals surface area contributed by atoms with Crippen LogP contribution < -0.4 is 14.4 Å². The molecule has 0 saturated heterocycles. The monoisotopic (exact) mass is 585 g/mol. The van der Waals surface area contributed by atoms with E-state index in [9.17, 15) is 18.0 Å². The summed E-state index contributed by atoms with van der Waals surface area (Å²) in [6.45, 7) is 8.62. The summed E-state index contributed by atoms with van der Waals surface area (Å²) in [5.74, 6) is -0.683. The molecule has 0 aromatic heterocycles. The van der Waals surface area contributed by atoms with Gasteiger partial charge in [0.2, 0.25) is 11.8 Å². The normalized spacial score (nSPS) is 12.1. The average Bonchev–Trinajstić information content (AvgIpc) is 2.90. The summed E-state index contributed by atoms with van der Waals surface area (Å²) < 4.78 is 34.4. The predicted molar refractivity (Wildman–Crippen MR) is 158 cm³/mol. The highest BCUT2D eigenvalue weighted by molar-refractivity contribution is 7.92. The molecule has 0 heterocycles. The van der Waals surface area contributed by atoms with Crippen LogP contribution in [0.15, 0.2) is 71.6 Å². The Labute approximate surface area is 241 Å². The summed E-state index contributed by atoms with van der Waals surface area (Å²) in [6.07, 6.45) is 0. The minimum Gasteiger partial charge on any atom is -0.495 e. The van der Waals surface area contributed by atoms with Crippen molar-refractivity contribution < 1.29 is 22.7 Å². The zero-order valence-electron chi connectivity index (χ0n) is 23.6. The van der Waals surface area contributed by atoms with E-state index in [1.165, 1.54) is 30.2 Å². The fourth-order valence-electron chi connectivity index (χ4n) is 4.09. The molecule has 0 bridgehead atoms. The summed E-state index contributed by atoms with van der Waals surface area (Å²) >= 11 is 6.27. The molecule has 1 atom stereocenters. The predicted octanol–water partition coefficient (Wildman–Crippen LogP) is 5.10. The summed E-state index contributed by atoms with van der Waals surface area (Å²) in [4.78, 5) is 28.4. The molecule has 2 amide bonds. The highest BCUT2D eigenvalue weighted by Gasteiger charge is 2.34. The second kappa shape index (κ2) is 13.2. The molecule has 214 valence electrons. The Hall–Kier alpha value is -3.56. The fourth-order valence-corrected chi connectivity index (χ4v) is 5.67. The van der Waals surface area contributed by atoms with E-state index in [4.69, 9.17) is 16.3 Å². The van der Waals surface area contributed by atoms with E-state index in [1.54, 1.807) is 31.2 Å². The van der Waals surface area contributed by atoms with Crippen LogP contribution >= 0.6 is 11.6 Å². The molecule has 3 aromatic carbocycles. The summed E-state index contributed by atoms with van der Waals surface area (Å²) in [5, 5.41) is 3.11. The maximum Gasteiger partial charge on any atom is 0.264 e. The minimum atomic E-state index is -4.25. The van der Waals surface area contributed by atoms with Crippen LogP contribution in [0.2, 0.25) is 5.02 Å². The first kappa shape index (κ1) is 31.0. The molecule has 0 spiro atoms. The van der Waals surface area contributed by atoms with Crippen LogP contribution in [-0.2, 0) is 26.2 Å². The van der Waals surface area contributed by atoms with Crippen molar-refractivity contribution in [1.82, 2.24) is 10.2 Å². The third-order valence-electron chi connectivity index (χ3n) is 6.37. The number of halogens is 1. The number of nitrogens with one attached hydrogen (secondary N) is 1. The molecule has 0 aliphatic carbocycles. The highest BCUT2D eigenvalue weighted by Crippen LogP contribution is 2.35. The molecule has 8 nitrogen and oxygen atoms in total. The quantitative estimate of drug-likeness (QED) is 0.338. The summed E-state index contributed by atoms with van der Waals surface area (Å²) in [7, 11) is -2.84. The number of sulfonamides is 1. The Kier molecular flexibility index (Phi) is 10.2. The molecule has 0 aliphatic heterocycles. The van der Waals surface area contributed by atoms with Crippen molar-refractivity contribution in [2.75, 3.05) is 18.0 Å². The van der Waals surface area contributed by atoms with Crippen LogP contribution in [0.4, 0.5) is 5.69 Å². The first-order chi connectivity index (χ1) is 18.8. The molecule has 10 heteroatoms.